The fourth-order valence-corrected chi connectivity index (χ4v) is 2.11. The maximum atomic E-state index is 11.6. The van der Waals surface area contributed by atoms with Crippen molar-refractivity contribution < 1.29 is 18.9 Å². The van der Waals surface area contributed by atoms with E-state index < -0.39 is 17.4 Å². The molecule has 0 bridgehead atoms. The molecule has 8 nitrogen and oxygen atoms in total. The van der Waals surface area contributed by atoms with Gasteiger partial charge in [-0.1, -0.05) is 12.1 Å². The average molecular weight is 447 g/mol. The molecule has 0 aliphatic heterocycles. The summed E-state index contributed by atoms with van der Waals surface area (Å²) >= 11 is 6.41. The number of nitrogens with one attached hydrogen (secondary N) is 1. The van der Waals surface area contributed by atoms with Crippen molar-refractivity contribution in [3.8, 4) is 5.75 Å². The number of para-hydroxylation sites is 2. The molecule has 0 radical (unpaired) electrons. The highest BCUT2D eigenvalue weighted by Crippen LogP contribution is 2.26. The zero-order valence-electron chi connectivity index (χ0n) is 11.4. The fourth-order valence-electron chi connectivity index (χ4n) is 1.50. The number of nitro groups is 1. The van der Waals surface area contributed by atoms with E-state index in [1.807, 2.05) is 0 Å². The first kappa shape index (κ1) is 17.2. The SMILES string of the molecule is O=C(COc1ccccc1[N+](=O)[O-])N/N=C\c1cc(Br)c(Br)o1. The Morgan fingerprint density at radius 2 is 2.17 bits per heavy atom. The van der Waals surface area contributed by atoms with Gasteiger partial charge in [0.2, 0.25) is 0 Å². The smallest absolute Gasteiger partial charge is 0.310 e. The van der Waals surface area contributed by atoms with Crippen LogP contribution < -0.4 is 10.2 Å². The first-order valence-corrected chi connectivity index (χ1v) is 7.69. The molecule has 0 atom stereocenters. The lowest BCUT2D eigenvalue weighted by Gasteiger charge is -2.05. The number of carbonyl (C=O) groups excluding carboxylic acids is 1. The van der Waals surface area contributed by atoms with Crippen molar-refractivity contribution in [3.05, 3.63) is 55.3 Å². The Morgan fingerprint density at radius 3 is 2.83 bits per heavy atom. The maximum Gasteiger partial charge on any atom is 0.310 e. The number of amides is 1. The minimum Gasteiger partial charge on any atom is -0.477 e. The second-order valence-electron chi connectivity index (χ2n) is 4.08. The van der Waals surface area contributed by atoms with Gasteiger partial charge in [-0.3, -0.25) is 14.9 Å². The molecule has 0 fully saturated rings. The molecule has 0 aliphatic carbocycles. The van der Waals surface area contributed by atoms with Crippen molar-refractivity contribution in [3.63, 3.8) is 0 Å². The minimum atomic E-state index is -0.585. The maximum absolute atomic E-state index is 11.6. The number of halogens is 2. The molecule has 1 heterocycles. The summed E-state index contributed by atoms with van der Waals surface area (Å²) in [6.07, 6.45) is 1.30. The van der Waals surface area contributed by atoms with Crippen molar-refractivity contribution in [1.29, 1.82) is 0 Å². The van der Waals surface area contributed by atoms with Gasteiger partial charge in [0.05, 0.1) is 15.6 Å². The molecule has 0 saturated carbocycles. The Morgan fingerprint density at radius 1 is 1.43 bits per heavy atom. The molecule has 0 unspecified atom stereocenters. The first-order valence-electron chi connectivity index (χ1n) is 6.10. The molecule has 10 heteroatoms. The van der Waals surface area contributed by atoms with E-state index in [4.69, 9.17) is 9.15 Å². The number of carbonyl (C=O) groups is 1. The zero-order chi connectivity index (χ0) is 16.8. The van der Waals surface area contributed by atoms with E-state index >= 15 is 0 Å². The third-order valence-electron chi connectivity index (χ3n) is 2.47. The lowest BCUT2D eigenvalue weighted by atomic mass is 10.3. The molecule has 0 saturated heterocycles. The highest BCUT2D eigenvalue weighted by atomic mass is 79.9. The second-order valence-corrected chi connectivity index (χ2v) is 5.65. The number of rotatable bonds is 6. The third-order valence-corrected chi connectivity index (χ3v) is 4.18. The van der Waals surface area contributed by atoms with Crippen molar-refractivity contribution in [1.82, 2.24) is 5.43 Å². The Bertz CT molecular complexity index is 740. The number of benzene rings is 1. The number of nitrogens with zero attached hydrogens (tertiary/aromatic N) is 2. The molecular weight excluding hydrogens is 438 g/mol. The minimum absolute atomic E-state index is 0.00975. The van der Waals surface area contributed by atoms with Crippen LogP contribution in [0.15, 0.2) is 49.0 Å². The summed E-state index contributed by atoms with van der Waals surface area (Å²) in [6, 6.07) is 7.44. The van der Waals surface area contributed by atoms with E-state index in [0.717, 1.165) is 0 Å². The quantitative estimate of drug-likeness (QED) is 0.416. The van der Waals surface area contributed by atoms with Gasteiger partial charge in [-0.25, -0.2) is 5.43 Å². The van der Waals surface area contributed by atoms with Crippen molar-refractivity contribution in [2.75, 3.05) is 6.61 Å². The molecule has 2 aromatic rings. The summed E-state index contributed by atoms with van der Waals surface area (Å²) in [5.41, 5.74) is 2.01. The number of nitro benzene ring substituents is 1. The van der Waals surface area contributed by atoms with Crippen LogP contribution in [0.2, 0.25) is 0 Å². The van der Waals surface area contributed by atoms with Gasteiger partial charge in [-0.2, -0.15) is 5.10 Å². The molecule has 1 aromatic heterocycles. The van der Waals surface area contributed by atoms with E-state index in [0.29, 0.717) is 14.9 Å². The highest BCUT2D eigenvalue weighted by molar-refractivity contribution is 9.13. The third kappa shape index (κ3) is 4.89. The summed E-state index contributed by atoms with van der Waals surface area (Å²) < 4.78 is 11.6. The largest absolute Gasteiger partial charge is 0.477 e. The number of hydrogen-bond acceptors (Lipinski definition) is 6. The first-order chi connectivity index (χ1) is 11.0. The number of ether oxygens (including phenoxy) is 1. The van der Waals surface area contributed by atoms with E-state index in [9.17, 15) is 14.9 Å². The molecule has 1 N–H and O–H groups in total. The molecule has 1 aromatic carbocycles. The van der Waals surface area contributed by atoms with Crippen molar-refractivity contribution in [2.45, 2.75) is 0 Å². The van der Waals surface area contributed by atoms with E-state index in [-0.39, 0.29) is 11.4 Å². The standard InChI is InChI=1S/C13H9Br2N3O5/c14-9-5-8(23-13(9)15)6-16-17-12(19)7-22-11-4-2-1-3-10(11)18(20)21/h1-6H,7H2,(H,17,19)/b16-6-. The molecule has 120 valence electrons. The summed E-state index contributed by atoms with van der Waals surface area (Å²) in [4.78, 5) is 21.8. The number of hydrazone groups is 1. The van der Waals surface area contributed by atoms with Crippen LogP contribution in [0.1, 0.15) is 5.76 Å². The van der Waals surface area contributed by atoms with Crippen LogP contribution in [-0.2, 0) is 4.79 Å². The van der Waals surface area contributed by atoms with Crippen molar-refractivity contribution in [2.24, 2.45) is 5.10 Å². The van der Waals surface area contributed by atoms with Crippen LogP contribution in [0.4, 0.5) is 5.69 Å². The van der Waals surface area contributed by atoms with Crippen LogP contribution in [-0.4, -0.2) is 23.7 Å². The normalized spacial score (nSPS) is 10.7. The monoisotopic (exact) mass is 445 g/mol. The molecule has 2 rings (SSSR count). The van der Waals surface area contributed by atoms with Crippen LogP contribution in [0.3, 0.4) is 0 Å². The predicted octanol–water partition coefficient (Wildman–Crippen LogP) is 3.24. The fraction of sp³-hybridized carbons (Fsp3) is 0.0769. The lowest BCUT2D eigenvalue weighted by Crippen LogP contribution is -2.24. The van der Waals surface area contributed by atoms with Crippen LogP contribution >= 0.6 is 31.9 Å². The second kappa shape index (κ2) is 7.88. The Balaban J connectivity index is 1.87. The average Bonchev–Trinajstić information content (AvgIpc) is 2.83. The highest BCUT2D eigenvalue weighted by Gasteiger charge is 2.14. The van der Waals surface area contributed by atoms with Gasteiger partial charge < -0.3 is 9.15 Å². The predicted molar refractivity (Wildman–Crippen MR) is 88.4 cm³/mol. The van der Waals surface area contributed by atoms with Gasteiger partial charge in [0.25, 0.3) is 5.91 Å². The molecular formula is C13H9Br2N3O5. The molecule has 1 amide bonds. The van der Waals surface area contributed by atoms with Gasteiger partial charge in [-0.05, 0) is 37.9 Å². The molecule has 23 heavy (non-hydrogen) atoms. The lowest BCUT2D eigenvalue weighted by molar-refractivity contribution is -0.385. The van der Waals surface area contributed by atoms with Crippen molar-refractivity contribution >= 4 is 49.7 Å². The van der Waals surface area contributed by atoms with E-state index in [2.05, 4.69) is 42.4 Å². The van der Waals surface area contributed by atoms with Crippen LogP contribution in [0.5, 0.6) is 5.75 Å². The molecule has 0 spiro atoms. The van der Waals surface area contributed by atoms with Gasteiger partial charge in [0.15, 0.2) is 17.0 Å². The summed E-state index contributed by atoms with van der Waals surface area (Å²) in [5.74, 6) is -0.136. The van der Waals surface area contributed by atoms with Gasteiger partial charge in [0.1, 0.15) is 5.76 Å². The van der Waals surface area contributed by atoms with Gasteiger partial charge >= 0.3 is 5.69 Å². The van der Waals surface area contributed by atoms with Gasteiger partial charge in [0, 0.05) is 12.1 Å². The Hall–Kier alpha value is -2.20. The summed E-state index contributed by atoms with van der Waals surface area (Å²) in [7, 11) is 0. The zero-order valence-corrected chi connectivity index (χ0v) is 14.5. The van der Waals surface area contributed by atoms with Crippen LogP contribution in [0, 0.1) is 10.1 Å². The summed E-state index contributed by atoms with van der Waals surface area (Å²) in [6.45, 7) is -0.409. The van der Waals surface area contributed by atoms with E-state index in [1.165, 1.54) is 24.4 Å². The van der Waals surface area contributed by atoms with Gasteiger partial charge in [-0.15, -0.1) is 0 Å². The summed E-state index contributed by atoms with van der Waals surface area (Å²) in [5, 5.41) is 14.5. The van der Waals surface area contributed by atoms with E-state index in [1.54, 1.807) is 12.1 Å². The topological polar surface area (TPSA) is 107 Å². The molecule has 0 aliphatic rings. The van der Waals surface area contributed by atoms with Crippen LogP contribution in [0.25, 0.3) is 0 Å². The number of furan rings is 1. The Kier molecular flexibility index (Phi) is 5.88. The number of hydrogen-bond donors (Lipinski definition) is 1. The Labute approximate surface area is 146 Å².